The SMILES string of the molecule is COc1ccc(NS(=O)(=O)c2cccc(C(=O)N[C@H]3CCCNC3)c2)cc1.Cl. The predicted octanol–water partition coefficient (Wildman–Crippen LogP) is 2.40. The van der Waals surface area contributed by atoms with Crippen LogP contribution in [0.1, 0.15) is 23.2 Å². The van der Waals surface area contributed by atoms with E-state index >= 15 is 0 Å². The van der Waals surface area contributed by atoms with Gasteiger partial charge in [0.15, 0.2) is 0 Å². The Hall–Kier alpha value is -2.29. The second kappa shape index (κ2) is 9.77. The average molecular weight is 426 g/mol. The highest BCUT2D eigenvalue weighted by molar-refractivity contribution is 7.92. The second-order valence-corrected chi connectivity index (χ2v) is 8.06. The molecule has 152 valence electrons. The topological polar surface area (TPSA) is 96.5 Å². The Bertz CT molecular complexity index is 898. The molecule has 1 fully saturated rings. The third-order valence-corrected chi connectivity index (χ3v) is 5.76. The summed E-state index contributed by atoms with van der Waals surface area (Å²) in [6.07, 6.45) is 1.92. The van der Waals surface area contributed by atoms with Crippen LogP contribution in [-0.2, 0) is 10.0 Å². The molecule has 1 heterocycles. The van der Waals surface area contributed by atoms with Crippen molar-refractivity contribution >= 4 is 34.0 Å². The van der Waals surface area contributed by atoms with Gasteiger partial charge in [-0.05, 0) is 61.9 Å². The number of sulfonamides is 1. The number of carbonyl (C=O) groups excluding carboxylic acids is 1. The Kier molecular flexibility index (Phi) is 7.68. The maximum Gasteiger partial charge on any atom is 0.261 e. The van der Waals surface area contributed by atoms with Crippen LogP contribution < -0.4 is 20.1 Å². The fraction of sp³-hybridized carbons (Fsp3) is 0.316. The number of hydrogen-bond acceptors (Lipinski definition) is 5. The lowest BCUT2D eigenvalue weighted by Gasteiger charge is -2.23. The molecule has 1 aliphatic rings. The van der Waals surface area contributed by atoms with Gasteiger partial charge in [-0.25, -0.2) is 8.42 Å². The first-order valence-corrected chi connectivity index (χ1v) is 10.2. The fourth-order valence-electron chi connectivity index (χ4n) is 2.92. The molecule has 1 aliphatic heterocycles. The molecule has 7 nitrogen and oxygen atoms in total. The van der Waals surface area contributed by atoms with E-state index in [0.29, 0.717) is 17.0 Å². The van der Waals surface area contributed by atoms with E-state index in [1.54, 1.807) is 43.5 Å². The highest BCUT2D eigenvalue weighted by Crippen LogP contribution is 2.20. The number of amides is 1. The van der Waals surface area contributed by atoms with Crippen LogP contribution in [0.3, 0.4) is 0 Å². The Morgan fingerprint density at radius 2 is 1.93 bits per heavy atom. The number of nitrogens with one attached hydrogen (secondary N) is 3. The zero-order valence-corrected chi connectivity index (χ0v) is 17.1. The molecule has 28 heavy (non-hydrogen) atoms. The summed E-state index contributed by atoms with van der Waals surface area (Å²) in [5.74, 6) is 0.360. The molecule has 0 aromatic heterocycles. The molecular weight excluding hydrogens is 402 g/mol. The summed E-state index contributed by atoms with van der Waals surface area (Å²) < 4.78 is 32.8. The number of benzene rings is 2. The van der Waals surface area contributed by atoms with Crippen LogP contribution in [-0.4, -0.2) is 40.6 Å². The number of ether oxygens (including phenoxy) is 1. The number of carbonyl (C=O) groups is 1. The van der Waals surface area contributed by atoms with Gasteiger partial charge in [0.2, 0.25) is 0 Å². The number of piperidine rings is 1. The van der Waals surface area contributed by atoms with E-state index in [1.165, 1.54) is 12.1 Å². The van der Waals surface area contributed by atoms with Gasteiger partial charge in [0.05, 0.1) is 12.0 Å². The molecule has 9 heteroatoms. The highest BCUT2D eigenvalue weighted by Gasteiger charge is 2.19. The average Bonchev–Trinajstić information content (AvgIpc) is 2.69. The van der Waals surface area contributed by atoms with Crippen molar-refractivity contribution in [3.8, 4) is 5.75 Å². The number of rotatable bonds is 6. The van der Waals surface area contributed by atoms with E-state index in [9.17, 15) is 13.2 Å². The fourth-order valence-corrected chi connectivity index (χ4v) is 4.03. The zero-order chi connectivity index (χ0) is 19.3. The lowest BCUT2D eigenvalue weighted by atomic mass is 10.1. The second-order valence-electron chi connectivity index (χ2n) is 6.38. The van der Waals surface area contributed by atoms with Crippen molar-refractivity contribution in [2.75, 3.05) is 24.9 Å². The van der Waals surface area contributed by atoms with E-state index in [4.69, 9.17) is 4.74 Å². The van der Waals surface area contributed by atoms with Crippen molar-refractivity contribution < 1.29 is 17.9 Å². The first-order chi connectivity index (χ1) is 13.0. The zero-order valence-electron chi connectivity index (χ0n) is 15.5. The summed E-state index contributed by atoms with van der Waals surface area (Å²) in [6.45, 7) is 1.68. The summed E-state index contributed by atoms with van der Waals surface area (Å²) in [5, 5.41) is 6.18. The van der Waals surface area contributed by atoms with Crippen molar-refractivity contribution in [3.63, 3.8) is 0 Å². The molecule has 1 amide bonds. The number of halogens is 1. The van der Waals surface area contributed by atoms with Gasteiger partial charge < -0.3 is 15.4 Å². The van der Waals surface area contributed by atoms with Gasteiger partial charge in [0, 0.05) is 23.8 Å². The van der Waals surface area contributed by atoms with E-state index in [2.05, 4.69) is 15.4 Å². The molecule has 3 rings (SSSR count). The summed E-state index contributed by atoms with van der Waals surface area (Å²) in [6, 6.07) is 12.6. The van der Waals surface area contributed by atoms with Gasteiger partial charge in [0.25, 0.3) is 15.9 Å². The predicted molar refractivity (Wildman–Crippen MR) is 111 cm³/mol. The normalized spacial score (nSPS) is 16.5. The molecule has 0 saturated carbocycles. The molecule has 3 N–H and O–H groups in total. The molecule has 0 unspecified atom stereocenters. The Morgan fingerprint density at radius 1 is 1.18 bits per heavy atom. The monoisotopic (exact) mass is 425 g/mol. The van der Waals surface area contributed by atoms with Gasteiger partial charge in [-0.1, -0.05) is 6.07 Å². The number of hydrogen-bond donors (Lipinski definition) is 3. The van der Waals surface area contributed by atoms with Crippen molar-refractivity contribution in [1.82, 2.24) is 10.6 Å². The molecule has 1 saturated heterocycles. The van der Waals surface area contributed by atoms with E-state index in [1.807, 2.05) is 0 Å². The van der Waals surface area contributed by atoms with E-state index in [-0.39, 0.29) is 29.3 Å². The third kappa shape index (κ3) is 5.60. The summed E-state index contributed by atoms with van der Waals surface area (Å²) in [5.41, 5.74) is 0.733. The van der Waals surface area contributed by atoms with E-state index in [0.717, 1.165) is 25.9 Å². The molecule has 0 bridgehead atoms. The standard InChI is InChI=1S/C19H23N3O4S.ClH/c1-26-17-9-7-15(8-10-17)22-27(24,25)18-6-2-4-14(12-18)19(23)21-16-5-3-11-20-13-16;/h2,4,6-10,12,16,20,22H,3,5,11,13H2,1H3,(H,21,23);1H/t16-;/m0./s1. The van der Waals surface area contributed by atoms with Crippen molar-refractivity contribution in [1.29, 1.82) is 0 Å². The summed E-state index contributed by atoms with van der Waals surface area (Å²) in [7, 11) is -2.26. The van der Waals surface area contributed by atoms with Crippen LogP contribution in [0.5, 0.6) is 5.75 Å². The lowest BCUT2D eigenvalue weighted by Crippen LogP contribution is -2.45. The van der Waals surface area contributed by atoms with Crippen LogP contribution in [0.4, 0.5) is 5.69 Å². The van der Waals surface area contributed by atoms with Crippen LogP contribution >= 0.6 is 12.4 Å². The van der Waals surface area contributed by atoms with Crippen LogP contribution in [0, 0.1) is 0 Å². The van der Waals surface area contributed by atoms with Crippen LogP contribution in [0.15, 0.2) is 53.4 Å². The Labute approximate surface area is 171 Å². The number of methoxy groups -OCH3 is 1. The minimum Gasteiger partial charge on any atom is -0.497 e. The molecule has 2 aromatic rings. The lowest BCUT2D eigenvalue weighted by molar-refractivity contribution is 0.0930. The van der Waals surface area contributed by atoms with Crippen molar-refractivity contribution in [2.24, 2.45) is 0 Å². The molecule has 2 aromatic carbocycles. The molecule has 1 atom stereocenters. The highest BCUT2D eigenvalue weighted by atomic mass is 35.5. The Balaban J connectivity index is 0.00000280. The van der Waals surface area contributed by atoms with E-state index < -0.39 is 10.0 Å². The first kappa shape index (κ1) is 22.0. The molecule has 0 aliphatic carbocycles. The van der Waals surface area contributed by atoms with Gasteiger partial charge in [-0.15, -0.1) is 12.4 Å². The molecule has 0 spiro atoms. The quantitative estimate of drug-likeness (QED) is 0.660. The van der Waals surface area contributed by atoms with Gasteiger partial charge in [0.1, 0.15) is 5.75 Å². The van der Waals surface area contributed by atoms with Crippen molar-refractivity contribution in [3.05, 3.63) is 54.1 Å². The van der Waals surface area contributed by atoms with Gasteiger partial charge >= 0.3 is 0 Å². The molecular formula is C19H24ClN3O4S. The summed E-state index contributed by atoms with van der Waals surface area (Å²) in [4.78, 5) is 12.5. The molecule has 0 radical (unpaired) electrons. The smallest absolute Gasteiger partial charge is 0.261 e. The van der Waals surface area contributed by atoms with Crippen LogP contribution in [0.2, 0.25) is 0 Å². The minimum absolute atomic E-state index is 0. The van der Waals surface area contributed by atoms with Crippen molar-refractivity contribution in [2.45, 2.75) is 23.8 Å². The van der Waals surface area contributed by atoms with Gasteiger partial charge in [-0.2, -0.15) is 0 Å². The summed E-state index contributed by atoms with van der Waals surface area (Å²) >= 11 is 0. The Morgan fingerprint density at radius 3 is 2.57 bits per heavy atom. The van der Waals surface area contributed by atoms with Gasteiger partial charge in [-0.3, -0.25) is 9.52 Å². The third-order valence-electron chi connectivity index (χ3n) is 4.38. The first-order valence-electron chi connectivity index (χ1n) is 8.76. The maximum absolute atomic E-state index is 12.6. The maximum atomic E-state index is 12.6. The minimum atomic E-state index is -3.81. The number of anilines is 1. The van der Waals surface area contributed by atoms with Crippen LogP contribution in [0.25, 0.3) is 0 Å². The largest absolute Gasteiger partial charge is 0.497 e.